The van der Waals surface area contributed by atoms with Crippen LogP contribution in [0.1, 0.15) is 63.9 Å². The molecule has 0 heterocycles. The Labute approximate surface area is 129 Å². The number of hydrogen-bond donors (Lipinski definition) is 0. The van der Waals surface area contributed by atoms with Gasteiger partial charge in [0.1, 0.15) is 0 Å². The van der Waals surface area contributed by atoms with Gasteiger partial charge >= 0.3 is 0 Å². The Morgan fingerprint density at radius 1 is 0.905 bits per heavy atom. The number of benzene rings is 1. The van der Waals surface area contributed by atoms with Gasteiger partial charge in [0.25, 0.3) is 0 Å². The first-order valence-electron chi connectivity index (χ1n) is 7.87. The van der Waals surface area contributed by atoms with Crippen LogP contribution in [0.4, 0.5) is 0 Å². The van der Waals surface area contributed by atoms with Gasteiger partial charge in [0.2, 0.25) is 9.84 Å². The molecule has 0 aliphatic heterocycles. The lowest BCUT2D eigenvalue weighted by Crippen LogP contribution is -1.96. The zero-order valence-electron chi connectivity index (χ0n) is 13.2. The van der Waals surface area contributed by atoms with Crippen LogP contribution in [0.3, 0.4) is 0 Å². The molecule has 0 aliphatic carbocycles. The van der Waals surface area contributed by atoms with Gasteiger partial charge in [-0.1, -0.05) is 69.1 Å². The highest BCUT2D eigenvalue weighted by Crippen LogP contribution is 2.11. The van der Waals surface area contributed by atoms with E-state index in [1.54, 1.807) is 24.3 Å². The van der Waals surface area contributed by atoms with Gasteiger partial charge in [-0.05, 0) is 25.5 Å². The largest absolute Gasteiger partial charge is 0.245 e. The summed E-state index contributed by atoms with van der Waals surface area (Å²) in [6.45, 7) is 4.15. The number of unbranched alkanes of at least 4 members (excludes halogenated alkanes) is 7. The Kier molecular flexibility index (Phi) is 8.15. The van der Waals surface area contributed by atoms with E-state index in [9.17, 15) is 8.42 Å². The number of aryl methyl sites for hydroxylation is 1. The van der Waals surface area contributed by atoms with Gasteiger partial charge in [-0.2, -0.15) is 0 Å². The van der Waals surface area contributed by atoms with Crippen LogP contribution < -0.4 is 0 Å². The third kappa shape index (κ3) is 7.34. The zero-order valence-corrected chi connectivity index (χ0v) is 14.0. The fraction of sp³-hybridized carbons (Fsp3) is 0.556. The molecule has 2 nitrogen and oxygen atoms in total. The molecule has 0 atom stereocenters. The molecule has 3 heteroatoms. The number of hydrogen-bond acceptors (Lipinski definition) is 2. The van der Waals surface area contributed by atoms with Crippen molar-refractivity contribution in [1.29, 1.82) is 0 Å². The van der Waals surface area contributed by atoms with E-state index in [0.29, 0.717) is 11.3 Å². The average Bonchev–Trinajstić information content (AvgIpc) is 2.46. The molecule has 21 heavy (non-hydrogen) atoms. The van der Waals surface area contributed by atoms with Gasteiger partial charge in [-0.3, -0.25) is 0 Å². The van der Waals surface area contributed by atoms with E-state index in [0.717, 1.165) is 18.4 Å². The first-order valence-corrected chi connectivity index (χ1v) is 9.36. The standard InChI is InChI=1S/C18H26O2S/c1-3-4-5-6-7-8-9-10-11-16-21(19,20)18-14-12-17(2)13-15-18/h12-15H,3-10H2,1-2H3. The van der Waals surface area contributed by atoms with Crippen LogP contribution >= 0.6 is 0 Å². The summed E-state index contributed by atoms with van der Waals surface area (Å²) in [7, 11) is -3.44. The summed E-state index contributed by atoms with van der Waals surface area (Å²) in [5, 5.41) is 2.43. The Morgan fingerprint density at radius 2 is 1.48 bits per heavy atom. The van der Waals surface area contributed by atoms with E-state index in [4.69, 9.17) is 0 Å². The maximum atomic E-state index is 12.0. The molecule has 0 aromatic heterocycles. The van der Waals surface area contributed by atoms with E-state index in [-0.39, 0.29) is 0 Å². The van der Waals surface area contributed by atoms with Gasteiger partial charge in [0.05, 0.1) is 4.90 Å². The molecule has 0 amide bonds. The molecule has 0 spiro atoms. The molecule has 1 aromatic carbocycles. The molecule has 116 valence electrons. The van der Waals surface area contributed by atoms with Gasteiger partial charge in [0, 0.05) is 11.7 Å². The monoisotopic (exact) mass is 306 g/mol. The minimum atomic E-state index is -3.44. The van der Waals surface area contributed by atoms with Crippen molar-refractivity contribution in [2.45, 2.75) is 70.1 Å². The maximum Gasteiger partial charge on any atom is 0.245 e. The SMILES string of the molecule is CCCCCCCCCC#CS(=O)(=O)c1ccc(C)cc1. The Balaban J connectivity index is 2.32. The van der Waals surface area contributed by atoms with Crippen LogP contribution in [0.5, 0.6) is 0 Å². The van der Waals surface area contributed by atoms with Gasteiger partial charge in [-0.15, -0.1) is 0 Å². The van der Waals surface area contributed by atoms with Crippen molar-refractivity contribution in [1.82, 2.24) is 0 Å². The summed E-state index contributed by atoms with van der Waals surface area (Å²) in [6, 6.07) is 6.83. The summed E-state index contributed by atoms with van der Waals surface area (Å²) in [4.78, 5) is 0.292. The van der Waals surface area contributed by atoms with Crippen LogP contribution in [0, 0.1) is 18.1 Å². The average molecular weight is 306 g/mol. The fourth-order valence-electron chi connectivity index (χ4n) is 2.09. The first-order chi connectivity index (χ1) is 10.1. The molecular weight excluding hydrogens is 280 g/mol. The molecule has 0 radical (unpaired) electrons. The van der Waals surface area contributed by atoms with Crippen molar-refractivity contribution >= 4 is 9.84 Å². The van der Waals surface area contributed by atoms with E-state index in [2.05, 4.69) is 18.1 Å². The summed E-state index contributed by atoms with van der Waals surface area (Å²) in [6.07, 6.45) is 9.20. The molecular formula is C18H26O2S. The van der Waals surface area contributed by atoms with Crippen molar-refractivity contribution in [3.8, 4) is 11.2 Å². The quantitative estimate of drug-likeness (QED) is 0.390. The number of sulfone groups is 1. The second-order valence-corrected chi connectivity index (χ2v) is 7.15. The highest BCUT2D eigenvalue weighted by Gasteiger charge is 2.09. The summed E-state index contributed by atoms with van der Waals surface area (Å²) in [5.74, 6) is 2.80. The van der Waals surface area contributed by atoms with E-state index >= 15 is 0 Å². The lowest BCUT2D eigenvalue weighted by Gasteiger charge is -1.98. The Morgan fingerprint density at radius 3 is 2.10 bits per heavy atom. The first kappa shape index (κ1) is 17.8. The molecule has 1 rings (SSSR count). The third-order valence-corrected chi connectivity index (χ3v) is 4.75. The van der Waals surface area contributed by atoms with Crippen molar-refractivity contribution < 1.29 is 8.42 Å². The van der Waals surface area contributed by atoms with E-state index < -0.39 is 9.84 Å². The van der Waals surface area contributed by atoms with E-state index in [1.807, 2.05) is 6.92 Å². The van der Waals surface area contributed by atoms with Crippen LogP contribution in [0.2, 0.25) is 0 Å². The molecule has 0 saturated carbocycles. The van der Waals surface area contributed by atoms with Gasteiger partial charge in [-0.25, -0.2) is 8.42 Å². The molecule has 0 fully saturated rings. The van der Waals surface area contributed by atoms with Crippen molar-refractivity contribution in [2.75, 3.05) is 0 Å². The van der Waals surface area contributed by atoms with Crippen molar-refractivity contribution in [3.63, 3.8) is 0 Å². The lowest BCUT2D eigenvalue weighted by atomic mass is 10.1. The molecule has 0 unspecified atom stereocenters. The van der Waals surface area contributed by atoms with Crippen LogP contribution in [0.15, 0.2) is 29.2 Å². The molecule has 0 bridgehead atoms. The minimum absolute atomic E-state index is 0.292. The smallest absolute Gasteiger partial charge is 0.210 e. The molecule has 0 saturated heterocycles. The second-order valence-electron chi connectivity index (χ2n) is 5.47. The van der Waals surface area contributed by atoms with Gasteiger partial charge in [0.15, 0.2) is 0 Å². The molecule has 0 aliphatic rings. The predicted molar refractivity (Wildman–Crippen MR) is 88.8 cm³/mol. The van der Waals surface area contributed by atoms with Crippen LogP contribution in [-0.4, -0.2) is 8.42 Å². The number of rotatable bonds is 8. The fourth-order valence-corrected chi connectivity index (χ4v) is 3.00. The minimum Gasteiger partial charge on any atom is -0.210 e. The second kappa shape index (κ2) is 9.63. The maximum absolute atomic E-state index is 12.0. The lowest BCUT2D eigenvalue weighted by molar-refractivity contribution is 0.594. The Hall–Kier alpha value is -1.27. The normalized spacial score (nSPS) is 11.0. The van der Waals surface area contributed by atoms with Crippen LogP contribution in [0.25, 0.3) is 0 Å². The van der Waals surface area contributed by atoms with Crippen molar-refractivity contribution in [2.24, 2.45) is 0 Å². The van der Waals surface area contributed by atoms with Gasteiger partial charge < -0.3 is 0 Å². The van der Waals surface area contributed by atoms with Crippen molar-refractivity contribution in [3.05, 3.63) is 29.8 Å². The summed E-state index contributed by atoms with van der Waals surface area (Å²) >= 11 is 0. The van der Waals surface area contributed by atoms with E-state index in [1.165, 1.54) is 32.1 Å². The Bertz CT molecular complexity index is 559. The molecule has 1 aromatic rings. The summed E-state index contributed by atoms with van der Waals surface area (Å²) in [5.41, 5.74) is 1.05. The third-order valence-electron chi connectivity index (χ3n) is 3.44. The highest BCUT2D eigenvalue weighted by atomic mass is 32.2. The topological polar surface area (TPSA) is 34.1 Å². The predicted octanol–water partition coefficient (Wildman–Crippen LogP) is 4.87. The molecule has 0 N–H and O–H groups in total. The highest BCUT2D eigenvalue weighted by molar-refractivity contribution is 7.96. The van der Waals surface area contributed by atoms with Crippen LogP contribution in [-0.2, 0) is 9.84 Å². The summed E-state index contributed by atoms with van der Waals surface area (Å²) < 4.78 is 24.0. The zero-order chi connectivity index (χ0) is 15.6.